The van der Waals surface area contributed by atoms with Gasteiger partial charge in [-0.25, -0.2) is 4.90 Å². The fourth-order valence-electron chi connectivity index (χ4n) is 3.72. The minimum atomic E-state index is -0.407. The standard InChI is InChI=1S/C20H20ClN3O3/c21-14-1-3-16(4-2-14)24-19(26)13-18(20(24)27)23-11-9-22(10-12-23)15-5-7-17(25)8-6-15/h1-8,18,25H,9-13H2/t18-/m1/s1. The Morgan fingerprint density at radius 3 is 2.07 bits per heavy atom. The molecule has 6 nitrogen and oxygen atoms in total. The van der Waals surface area contributed by atoms with Crippen LogP contribution >= 0.6 is 11.6 Å². The van der Waals surface area contributed by atoms with Crippen LogP contribution in [0, 0.1) is 0 Å². The highest BCUT2D eigenvalue weighted by atomic mass is 35.5. The van der Waals surface area contributed by atoms with Gasteiger partial charge in [0.15, 0.2) is 0 Å². The summed E-state index contributed by atoms with van der Waals surface area (Å²) in [7, 11) is 0. The molecule has 2 aliphatic heterocycles. The average molecular weight is 386 g/mol. The smallest absolute Gasteiger partial charge is 0.251 e. The van der Waals surface area contributed by atoms with Gasteiger partial charge in [-0.15, -0.1) is 0 Å². The monoisotopic (exact) mass is 385 g/mol. The number of imide groups is 1. The summed E-state index contributed by atoms with van der Waals surface area (Å²) in [5.41, 5.74) is 1.61. The number of halogens is 1. The second kappa shape index (κ2) is 7.21. The third-order valence-electron chi connectivity index (χ3n) is 5.18. The summed E-state index contributed by atoms with van der Waals surface area (Å²) in [6.07, 6.45) is 0.209. The van der Waals surface area contributed by atoms with Crippen LogP contribution in [0.15, 0.2) is 48.5 Å². The van der Waals surface area contributed by atoms with Crippen LogP contribution in [0.4, 0.5) is 11.4 Å². The zero-order valence-electron chi connectivity index (χ0n) is 14.7. The summed E-state index contributed by atoms with van der Waals surface area (Å²) in [4.78, 5) is 30.9. The fraction of sp³-hybridized carbons (Fsp3) is 0.300. The van der Waals surface area contributed by atoms with E-state index in [1.807, 2.05) is 12.1 Å². The van der Waals surface area contributed by atoms with Gasteiger partial charge >= 0.3 is 0 Å². The van der Waals surface area contributed by atoms with E-state index in [0.29, 0.717) is 23.8 Å². The lowest BCUT2D eigenvalue weighted by molar-refractivity contribution is -0.123. The number of rotatable bonds is 3. The number of amides is 2. The van der Waals surface area contributed by atoms with Gasteiger partial charge in [-0.2, -0.15) is 0 Å². The number of anilines is 2. The molecule has 4 rings (SSSR count). The molecule has 2 saturated heterocycles. The maximum atomic E-state index is 12.9. The molecular weight excluding hydrogens is 366 g/mol. The van der Waals surface area contributed by atoms with Crippen molar-refractivity contribution in [2.24, 2.45) is 0 Å². The van der Waals surface area contributed by atoms with E-state index in [4.69, 9.17) is 11.6 Å². The van der Waals surface area contributed by atoms with Crippen LogP contribution in [0.1, 0.15) is 6.42 Å². The van der Waals surface area contributed by atoms with Crippen molar-refractivity contribution in [3.05, 3.63) is 53.6 Å². The number of hydrogen-bond acceptors (Lipinski definition) is 5. The molecule has 0 bridgehead atoms. The van der Waals surface area contributed by atoms with Crippen molar-refractivity contribution in [3.63, 3.8) is 0 Å². The molecule has 2 fully saturated rings. The Kier molecular flexibility index (Phi) is 4.76. The molecule has 0 saturated carbocycles. The summed E-state index contributed by atoms with van der Waals surface area (Å²) in [6.45, 7) is 2.95. The van der Waals surface area contributed by atoms with Gasteiger partial charge in [0.05, 0.1) is 18.2 Å². The molecule has 0 spiro atoms. The molecule has 0 aromatic heterocycles. The van der Waals surface area contributed by atoms with Crippen molar-refractivity contribution in [2.75, 3.05) is 36.0 Å². The molecule has 2 aromatic carbocycles. The minimum absolute atomic E-state index is 0.166. The van der Waals surface area contributed by atoms with Crippen LogP contribution in [0.25, 0.3) is 0 Å². The number of nitrogens with zero attached hydrogens (tertiary/aromatic N) is 3. The maximum Gasteiger partial charge on any atom is 0.251 e. The van der Waals surface area contributed by atoms with E-state index in [2.05, 4.69) is 9.80 Å². The van der Waals surface area contributed by atoms with Crippen molar-refractivity contribution >= 4 is 34.8 Å². The van der Waals surface area contributed by atoms with Gasteiger partial charge in [0, 0.05) is 36.9 Å². The van der Waals surface area contributed by atoms with Gasteiger partial charge in [-0.3, -0.25) is 14.5 Å². The van der Waals surface area contributed by atoms with Crippen LogP contribution in [-0.2, 0) is 9.59 Å². The average Bonchev–Trinajstić information content (AvgIpc) is 2.98. The number of piperazine rings is 1. The molecule has 0 unspecified atom stereocenters. The van der Waals surface area contributed by atoms with E-state index in [1.54, 1.807) is 36.4 Å². The van der Waals surface area contributed by atoms with Crippen molar-refractivity contribution in [1.82, 2.24) is 4.90 Å². The number of phenols is 1. The Morgan fingerprint density at radius 2 is 1.44 bits per heavy atom. The normalized spacial score (nSPS) is 21.1. The van der Waals surface area contributed by atoms with Crippen LogP contribution in [-0.4, -0.2) is 54.0 Å². The predicted octanol–water partition coefficient (Wildman–Crippen LogP) is 2.50. The fourth-order valence-corrected chi connectivity index (χ4v) is 3.84. The number of carbonyl (C=O) groups excluding carboxylic acids is 2. The summed E-state index contributed by atoms with van der Waals surface area (Å²) >= 11 is 5.90. The third-order valence-corrected chi connectivity index (χ3v) is 5.43. The third kappa shape index (κ3) is 3.50. The van der Waals surface area contributed by atoms with Crippen LogP contribution in [0.5, 0.6) is 5.75 Å². The first-order valence-corrected chi connectivity index (χ1v) is 9.31. The molecular formula is C20H20ClN3O3. The first-order valence-electron chi connectivity index (χ1n) is 8.93. The van der Waals surface area contributed by atoms with E-state index >= 15 is 0 Å². The van der Waals surface area contributed by atoms with Crippen LogP contribution < -0.4 is 9.80 Å². The molecule has 2 aliphatic rings. The Morgan fingerprint density at radius 1 is 0.852 bits per heavy atom. The lowest BCUT2D eigenvalue weighted by atomic mass is 10.1. The summed E-state index contributed by atoms with van der Waals surface area (Å²) in [6, 6.07) is 13.5. The lowest BCUT2D eigenvalue weighted by Gasteiger charge is -2.38. The highest BCUT2D eigenvalue weighted by molar-refractivity contribution is 6.30. The lowest BCUT2D eigenvalue weighted by Crippen LogP contribution is -2.52. The van der Waals surface area contributed by atoms with Crippen molar-refractivity contribution < 1.29 is 14.7 Å². The van der Waals surface area contributed by atoms with E-state index in [9.17, 15) is 14.7 Å². The second-order valence-corrected chi connectivity index (χ2v) is 7.24. The first-order chi connectivity index (χ1) is 13.0. The number of benzene rings is 2. The first kappa shape index (κ1) is 17.8. The highest BCUT2D eigenvalue weighted by Gasteiger charge is 2.43. The van der Waals surface area contributed by atoms with Crippen LogP contribution in [0.2, 0.25) is 5.02 Å². The van der Waals surface area contributed by atoms with Gasteiger partial charge in [0.25, 0.3) is 5.91 Å². The Balaban J connectivity index is 1.43. The number of aromatic hydroxyl groups is 1. The summed E-state index contributed by atoms with van der Waals surface area (Å²) in [5, 5.41) is 9.99. The van der Waals surface area contributed by atoms with Gasteiger partial charge in [0.2, 0.25) is 5.91 Å². The molecule has 0 aliphatic carbocycles. The molecule has 1 N–H and O–H groups in total. The number of phenolic OH excluding ortho intramolecular Hbond substituents is 1. The predicted molar refractivity (Wildman–Crippen MR) is 104 cm³/mol. The number of carbonyl (C=O) groups is 2. The quantitative estimate of drug-likeness (QED) is 0.822. The molecule has 1 atom stereocenters. The minimum Gasteiger partial charge on any atom is -0.508 e. The van der Waals surface area contributed by atoms with E-state index in [0.717, 1.165) is 18.8 Å². The molecule has 140 valence electrons. The van der Waals surface area contributed by atoms with Crippen LogP contribution in [0.3, 0.4) is 0 Å². The van der Waals surface area contributed by atoms with Gasteiger partial charge in [-0.05, 0) is 48.5 Å². The van der Waals surface area contributed by atoms with E-state index in [-0.39, 0.29) is 24.0 Å². The largest absolute Gasteiger partial charge is 0.508 e. The Labute approximate surface area is 162 Å². The molecule has 2 heterocycles. The SMILES string of the molecule is O=C1C[C@@H](N2CCN(c3ccc(O)cc3)CC2)C(=O)N1c1ccc(Cl)cc1. The highest BCUT2D eigenvalue weighted by Crippen LogP contribution is 2.28. The molecule has 7 heteroatoms. The zero-order chi connectivity index (χ0) is 19.0. The molecule has 2 amide bonds. The van der Waals surface area contributed by atoms with Crippen molar-refractivity contribution in [2.45, 2.75) is 12.5 Å². The Hall–Kier alpha value is -2.57. The van der Waals surface area contributed by atoms with Gasteiger partial charge in [0.1, 0.15) is 5.75 Å². The van der Waals surface area contributed by atoms with Crippen molar-refractivity contribution in [1.29, 1.82) is 0 Å². The van der Waals surface area contributed by atoms with Gasteiger partial charge in [-0.1, -0.05) is 11.6 Å². The topological polar surface area (TPSA) is 64.1 Å². The van der Waals surface area contributed by atoms with E-state index < -0.39 is 6.04 Å². The molecule has 0 radical (unpaired) electrons. The van der Waals surface area contributed by atoms with Gasteiger partial charge < -0.3 is 10.0 Å². The number of hydrogen-bond donors (Lipinski definition) is 1. The molecule has 27 heavy (non-hydrogen) atoms. The summed E-state index contributed by atoms with van der Waals surface area (Å²) < 4.78 is 0. The van der Waals surface area contributed by atoms with Crippen molar-refractivity contribution in [3.8, 4) is 5.75 Å². The zero-order valence-corrected chi connectivity index (χ0v) is 15.5. The van der Waals surface area contributed by atoms with E-state index in [1.165, 1.54) is 4.90 Å². The second-order valence-electron chi connectivity index (χ2n) is 6.80. The molecule has 2 aromatic rings. The maximum absolute atomic E-state index is 12.9. The summed E-state index contributed by atoms with van der Waals surface area (Å²) in [5.74, 6) is -0.0940. The Bertz CT molecular complexity index is 846.